The highest BCUT2D eigenvalue weighted by Gasteiger charge is 2.26. The van der Waals surface area contributed by atoms with Crippen LogP contribution in [0.15, 0.2) is 54.6 Å². The number of likely N-dealkylation sites (tertiary alicyclic amines) is 1. The van der Waals surface area contributed by atoms with Crippen LogP contribution in [0.25, 0.3) is 11.4 Å². The molecule has 5 heteroatoms. The van der Waals surface area contributed by atoms with E-state index < -0.39 is 0 Å². The lowest BCUT2D eigenvalue weighted by Crippen LogP contribution is -2.27. The largest absolute Gasteiger partial charge is 0.303 e. The molecule has 2 aromatic carbocycles. The van der Waals surface area contributed by atoms with Gasteiger partial charge < -0.3 is 4.57 Å². The molecular weight excluding hydrogens is 340 g/mol. The monoisotopic (exact) mass is 364 g/mol. The molecule has 0 spiro atoms. The fourth-order valence-corrected chi connectivity index (χ4v) is 4.04. The lowest BCUT2D eigenvalue weighted by Gasteiger charge is -2.24. The number of hydrogen-bond donors (Lipinski definition) is 0. The summed E-state index contributed by atoms with van der Waals surface area (Å²) in [6.07, 6.45) is 2.40. The van der Waals surface area contributed by atoms with Gasteiger partial charge in [0.15, 0.2) is 10.6 Å². The highest BCUT2D eigenvalue weighted by Crippen LogP contribution is 2.32. The lowest BCUT2D eigenvalue weighted by molar-refractivity contribution is 0.190. The first kappa shape index (κ1) is 17.2. The van der Waals surface area contributed by atoms with Gasteiger partial charge in [0.25, 0.3) is 0 Å². The van der Waals surface area contributed by atoms with Gasteiger partial charge in [0.2, 0.25) is 0 Å². The highest BCUT2D eigenvalue weighted by atomic mass is 32.1. The number of aromatic nitrogens is 3. The van der Waals surface area contributed by atoms with Gasteiger partial charge in [-0.3, -0.25) is 4.90 Å². The summed E-state index contributed by atoms with van der Waals surface area (Å²) in [6.45, 7) is 3.93. The van der Waals surface area contributed by atoms with Gasteiger partial charge in [-0.25, -0.2) is 4.68 Å². The summed E-state index contributed by atoms with van der Waals surface area (Å²) < 4.78 is 4.76. The Hall–Kier alpha value is -2.24. The van der Waals surface area contributed by atoms with Gasteiger partial charge in [0, 0.05) is 25.2 Å². The van der Waals surface area contributed by atoms with E-state index >= 15 is 0 Å². The van der Waals surface area contributed by atoms with E-state index in [-0.39, 0.29) is 0 Å². The van der Waals surface area contributed by atoms with Crippen LogP contribution in [0, 0.1) is 11.7 Å². The number of aryl methyl sites for hydroxylation is 1. The van der Waals surface area contributed by atoms with E-state index in [4.69, 9.17) is 17.3 Å². The van der Waals surface area contributed by atoms with Gasteiger partial charge in [-0.05, 0) is 43.1 Å². The van der Waals surface area contributed by atoms with Crippen molar-refractivity contribution in [1.29, 1.82) is 0 Å². The molecule has 26 heavy (non-hydrogen) atoms. The normalized spacial score (nSPS) is 17.7. The van der Waals surface area contributed by atoms with Gasteiger partial charge in [-0.2, -0.15) is 5.10 Å². The van der Waals surface area contributed by atoms with E-state index in [1.807, 2.05) is 16.3 Å². The molecule has 0 saturated carbocycles. The second-order valence-electron chi connectivity index (χ2n) is 7.00. The summed E-state index contributed by atoms with van der Waals surface area (Å²) in [5.74, 6) is 0.934. The first-order valence-corrected chi connectivity index (χ1v) is 9.55. The van der Waals surface area contributed by atoms with E-state index in [1.165, 1.54) is 24.0 Å². The maximum atomic E-state index is 5.68. The van der Waals surface area contributed by atoms with Crippen LogP contribution in [-0.2, 0) is 13.7 Å². The summed E-state index contributed by atoms with van der Waals surface area (Å²) in [5.41, 5.74) is 3.73. The van der Waals surface area contributed by atoms with Gasteiger partial charge in [-0.1, -0.05) is 54.6 Å². The topological polar surface area (TPSA) is 26.0 Å². The number of nitrogens with zero attached hydrogens (tertiary/aromatic N) is 4. The minimum absolute atomic E-state index is 0.446. The molecule has 0 unspecified atom stereocenters. The van der Waals surface area contributed by atoms with Crippen molar-refractivity contribution in [2.24, 2.45) is 7.05 Å². The smallest absolute Gasteiger partial charge is 0.199 e. The molecule has 1 aliphatic rings. The molecule has 4 rings (SSSR count). The minimum Gasteiger partial charge on any atom is -0.303 e. The fourth-order valence-electron chi connectivity index (χ4n) is 3.86. The van der Waals surface area contributed by atoms with Crippen molar-refractivity contribution >= 4 is 12.2 Å². The second-order valence-corrected chi connectivity index (χ2v) is 7.37. The van der Waals surface area contributed by atoms with Crippen molar-refractivity contribution < 1.29 is 0 Å². The SMILES string of the molecule is Cc1ccccc1-c1nn(CN2CCC[C@H]2c2ccccc2)c(=S)n1C. The molecule has 1 aromatic heterocycles. The summed E-state index contributed by atoms with van der Waals surface area (Å²) in [7, 11) is 2.01. The Kier molecular flexibility index (Phi) is 4.74. The van der Waals surface area contributed by atoms with Crippen LogP contribution >= 0.6 is 12.2 Å². The van der Waals surface area contributed by atoms with Crippen molar-refractivity contribution in [2.45, 2.75) is 32.5 Å². The molecule has 0 aliphatic carbocycles. The molecule has 1 saturated heterocycles. The summed E-state index contributed by atoms with van der Waals surface area (Å²) in [6, 6.07) is 19.5. The van der Waals surface area contributed by atoms with Crippen LogP contribution < -0.4 is 0 Å². The molecule has 0 amide bonds. The molecule has 1 fully saturated rings. The van der Waals surface area contributed by atoms with Crippen molar-refractivity contribution in [3.63, 3.8) is 0 Å². The summed E-state index contributed by atoms with van der Waals surface area (Å²) in [5, 5.41) is 4.87. The predicted octanol–water partition coefficient (Wildman–Crippen LogP) is 4.72. The van der Waals surface area contributed by atoms with Crippen LogP contribution in [0.1, 0.15) is 30.0 Å². The van der Waals surface area contributed by atoms with Gasteiger partial charge in [-0.15, -0.1) is 0 Å². The zero-order valence-corrected chi connectivity index (χ0v) is 16.1. The molecule has 2 heterocycles. The van der Waals surface area contributed by atoms with Crippen LogP contribution in [0.5, 0.6) is 0 Å². The Morgan fingerprint density at radius 3 is 2.58 bits per heavy atom. The van der Waals surface area contributed by atoms with Gasteiger partial charge in [0.1, 0.15) is 0 Å². The maximum Gasteiger partial charge on any atom is 0.199 e. The fraction of sp³-hybridized carbons (Fsp3) is 0.333. The Morgan fingerprint density at radius 1 is 1.08 bits per heavy atom. The minimum atomic E-state index is 0.446. The van der Waals surface area contributed by atoms with Gasteiger partial charge >= 0.3 is 0 Å². The number of hydrogen-bond acceptors (Lipinski definition) is 3. The van der Waals surface area contributed by atoms with Crippen LogP contribution in [-0.4, -0.2) is 25.8 Å². The molecule has 0 bridgehead atoms. The molecular formula is C21H24N4S. The molecule has 1 atom stereocenters. The zero-order valence-electron chi connectivity index (χ0n) is 15.3. The summed E-state index contributed by atoms with van der Waals surface area (Å²) >= 11 is 5.68. The first-order valence-electron chi connectivity index (χ1n) is 9.14. The first-order chi connectivity index (χ1) is 12.6. The molecule has 3 aromatic rings. The predicted molar refractivity (Wildman–Crippen MR) is 107 cm³/mol. The standard InChI is InChI=1S/C21H24N4S/c1-16-9-6-7-12-18(16)20-22-25(21(26)23(20)2)15-24-14-8-13-19(24)17-10-4-3-5-11-17/h3-7,9-12,19H,8,13-15H2,1-2H3/t19-/m0/s1. The Morgan fingerprint density at radius 2 is 1.81 bits per heavy atom. The van der Waals surface area contributed by atoms with Crippen molar-refractivity contribution in [2.75, 3.05) is 6.54 Å². The van der Waals surface area contributed by atoms with Crippen LogP contribution in [0.2, 0.25) is 0 Å². The van der Waals surface area contributed by atoms with E-state index in [0.717, 1.165) is 29.4 Å². The lowest BCUT2D eigenvalue weighted by atomic mass is 10.1. The summed E-state index contributed by atoms with van der Waals surface area (Å²) in [4.78, 5) is 2.49. The Bertz CT molecular complexity index is 958. The van der Waals surface area contributed by atoms with E-state index in [1.54, 1.807) is 0 Å². The quantitative estimate of drug-likeness (QED) is 0.627. The molecule has 1 aliphatic heterocycles. The molecule has 0 N–H and O–H groups in total. The highest BCUT2D eigenvalue weighted by molar-refractivity contribution is 7.71. The van der Waals surface area contributed by atoms with Crippen LogP contribution in [0.3, 0.4) is 0 Å². The van der Waals surface area contributed by atoms with Crippen molar-refractivity contribution in [3.05, 3.63) is 70.5 Å². The number of rotatable bonds is 4. The van der Waals surface area contributed by atoms with E-state index in [0.29, 0.717) is 6.04 Å². The van der Waals surface area contributed by atoms with Gasteiger partial charge in [0.05, 0.1) is 6.67 Å². The van der Waals surface area contributed by atoms with E-state index in [9.17, 15) is 0 Å². The third-order valence-corrected chi connectivity index (χ3v) is 5.78. The average molecular weight is 365 g/mol. The maximum absolute atomic E-state index is 5.68. The Labute approximate surface area is 159 Å². The molecule has 0 radical (unpaired) electrons. The van der Waals surface area contributed by atoms with Crippen molar-refractivity contribution in [3.8, 4) is 11.4 Å². The average Bonchev–Trinajstić information content (AvgIpc) is 3.23. The number of benzene rings is 2. The zero-order chi connectivity index (χ0) is 18.1. The van der Waals surface area contributed by atoms with Crippen molar-refractivity contribution in [1.82, 2.24) is 19.2 Å². The molecule has 134 valence electrons. The van der Waals surface area contributed by atoms with E-state index in [2.05, 4.69) is 66.4 Å². The van der Waals surface area contributed by atoms with Crippen LogP contribution in [0.4, 0.5) is 0 Å². The third kappa shape index (κ3) is 3.13. The molecule has 4 nitrogen and oxygen atoms in total. The second kappa shape index (κ2) is 7.17. The third-order valence-electron chi connectivity index (χ3n) is 5.29. The Balaban J connectivity index is 1.64.